The molecule has 2 N–H and O–H groups in total. The minimum absolute atomic E-state index is 0.160. The number of hydrogen-bond acceptors (Lipinski definition) is 6. The van der Waals surface area contributed by atoms with Crippen LogP contribution in [0, 0.1) is 0 Å². The maximum atomic E-state index is 12.4. The molecule has 7 nitrogen and oxygen atoms in total. The van der Waals surface area contributed by atoms with Crippen molar-refractivity contribution in [1.82, 2.24) is 14.9 Å². The van der Waals surface area contributed by atoms with Gasteiger partial charge in [0.1, 0.15) is 0 Å². The summed E-state index contributed by atoms with van der Waals surface area (Å²) in [5.41, 5.74) is 3.56. The number of benzene rings is 1. The molecule has 0 aliphatic heterocycles. The summed E-state index contributed by atoms with van der Waals surface area (Å²) in [6.45, 7) is 3.12. The molecule has 128 valence electrons. The molecule has 0 bridgehead atoms. The molecule has 3 rings (SSSR count). The van der Waals surface area contributed by atoms with Crippen LogP contribution in [0.1, 0.15) is 43.0 Å². The number of nitrogens with zero attached hydrogens (tertiary/aromatic N) is 2. The third-order valence-electron chi connectivity index (χ3n) is 3.87. The molecule has 1 amide bonds. The van der Waals surface area contributed by atoms with E-state index in [1.807, 2.05) is 6.07 Å². The Bertz CT molecular complexity index is 877. The lowest BCUT2D eigenvalue weighted by molar-refractivity contribution is -0.114. The molecule has 9 heteroatoms. The SMILES string of the molecule is CC(=O)Nc1nnc(S(=O)(=O)N[C@@H](C)c2ccc3c(c2)CCC3)s1. The summed E-state index contributed by atoms with van der Waals surface area (Å²) in [5.74, 6) is -0.324. The van der Waals surface area contributed by atoms with E-state index in [-0.39, 0.29) is 21.4 Å². The van der Waals surface area contributed by atoms with Crippen LogP contribution in [0.3, 0.4) is 0 Å². The number of aromatic nitrogens is 2. The molecular formula is C15H18N4O3S2. The molecule has 1 aliphatic rings. The van der Waals surface area contributed by atoms with E-state index in [4.69, 9.17) is 0 Å². The molecule has 0 saturated heterocycles. The summed E-state index contributed by atoms with van der Waals surface area (Å²) in [7, 11) is -3.79. The molecule has 0 spiro atoms. The van der Waals surface area contributed by atoms with Crippen molar-refractivity contribution in [1.29, 1.82) is 0 Å². The van der Waals surface area contributed by atoms with Crippen molar-refractivity contribution in [2.45, 2.75) is 43.5 Å². The average Bonchev–Trinajstić information content (AvgIpc) is 3.14. The van der Waals surface area contributed by atoms with Crippen molar-refractivity contribution >= 4 is 32.4 Å². The summed E-state index contributed by atoms with van der Waals surface area (Å²) in [6, 6.07) is 5.72. The number of rotatable bonds is 5. The maximum absolute atomic E-state index is 12.4. The maximum Gasteiger partial charge on any atom is 0.270 e. The predicted molar refractivity (Wildman–Crippen MR) is 91.4 cm³/mol. The highest BCUT2D eigenvalue weighted by atomic mass is 32.2. The Kier molecular flexibility index (Phi) is 4.66. The van der Waals surface area contributed by atoms with E-state index in [0.29, 0.717) is 0 Å². The summed E-state index contributed by atoms with van der Waals surface area (Å²) >= 11 is 0.821. The number of sulfonamides is 1. The van der Waals surface area contributed by atoms with Gasteiger partial charge in [-0.3, -0.25) is 4.79 Å². The van der Waals surface area contributed by atoms with Crippen molar-refractivity contribution in [3.63, 3.8) is 0 Å². The molecule has 0 radical (unpaired) electrons. The first kappa shape index (κ1) is 17.0. The lowest BCUT2D eigenvalue weighted by Gasteiger charge is -2.14. The Hall–Kier alpha value is -1.84. The largest absolute Gasteiger partial charge is 0.301 e. The number of carbonyl (C=O) groups is 1. The van der Waals surface area contributed by atoms with Crippen LogP contribution < -0.4 is 10.0 Å². The van der Waals surface area contributed by atoms with Gasteiger partial charge < -0.3 is 5.32 Å². The van der Waals surface area contributed by atoms with Crippen LogP contribution in [0.15, 0.2) is 22.5 Å². The Morgan fingerprint density at radius 1 is 1.25 bits per heavy atom. The van der Waals surface area contributed by atoms with Gasteiger partial charge in [-0.05, 0) is 42.9 Å². The van der Waals surface area contributed by atoms with Gasteiger partial charge in [0.2, 0.25) is 15.4 Å². The van der Waals surface area contributed by atoms with Crippen molar-refractivity contribution in [2.24, 2.45) is 0 Å². The average molecular weight is 366 g/mol. The fraction of sp³-hybridized carbons (Fsp3) is 0.400. The van der Waals surface area contributed by atoms with Crippen LogP contribution in [0.4, 0.5) is 5.13 Å². The number of fused-ring (bicyclic) bond motifs is 1. The molecule has 2 aromatic rings. The Balaban J connectivity index is 1.76. The highest BCUT2D eigenvalue weighted by molar-refractivity contribution is 7.91. The highest BCUT2D eigenvalue weighted by Gasteiger charge is 2.24. The first-order chi connectivity index (χ1) is 11.3. The normalized spacial score (nSPS) is 15.1. The van der Waals surface area contributed by atoms with Gasteiger partial charge in [0.05, 0.1) is 0 Å². The Morgan fingerprint density at radius 3 is 2.75 bits per heavy atom. The van der Waals surface area contributed by atoms with E-state index in [1.54, 1.807) is 6.92 Å². The lowest BCUT2D eigenvalue weighted by Crippen LogP contribution is -2.27. The van der Waals surface area contributed by atoms with Crippen LogP contribution in [-0.4, -0.2) is 24.5 Å². The zero-order chi connectivity index (χ0) is 17.3. The van der Waals surface area contributed by atoms with Crippen molar-refractivity contribution in [2.75, 3.05) is 5.32 Å². The van der Waals surface area contributed by atoms with Crippen LogP contribution >= 0.6 is 11.3 Å². The highest BCUT2D eigenvalue weighted by Crippen LogP contribution is 2.27. The zero-order valence-electron chi connectivity index (χ0n) is 13.4. The molecule has 1 heterocycles. The molecule has 0 unspecified atom stereocenters. The van der Waals surface area contributed by atoms with Gasteiger partial charge in [0.25, 0.3) is 10.0 Å². The first-order valence-corrected chi connectivity index (χ1v) is 9.90. The molecule has 1 aromatic heterocycles. The standard InChI is InChI=1S/C15H18N4O3S2/c1-9(12-7-6-11-4-3-5-13(11)8-12)19-24(21,22)15-18-17-14(23-15)16-10(2)20/h6-9,19H,3-5H2,1-2H3,(H,16,17,20)/t9-/m0/s1. The summed E-state index contributed by atoms with van der Waals surface area (Å²) in [4.78, 5) is 11.0. The molecule has 1 aromatic carbocycles. The summed E-state index contributed by atoms with van der Waals surface area (Å²) in [5, 5.41) is 9.90. The minimum atomic E-state index is -3.79. The molecule has 1 aliphatic carbocycles. The summed E-state index contributed by atoms with van der Waals surface area (Å²) < 4.78 is 27.3. The lowest BCUT2D eigenvalue weighted by atomic mass is 10.0. The molecule has 1 atom stereocenters. The smallest absolute Gasteiger partial charge is 0.270 e. The van der Waals surface area contributed by atoms with Crippen LogP contribution in [0.2, 0.25) is 0 Å². The predicted octanol–water partition coefficient (Wildman–Crippen LogP) is 2.02. The molecule has 0 fully saturated rings. The Labute approximate surface area is 144 Å². The molecule has 24 heavy (non-hydrogen) atoms. The number of anilines is 1. The van der Waals surface area contributed by atoms with Gasteiger partial charge >= 0.3 is 0 Å². The van der Waals surface area contributed by atoms with Crippen LogP contribution in [0.25, 0.3) is 0 Å². The van der Waals surface area contributed by atoms with E-state index >= 15 is 0 Å². The van der Waals surface area contributed by atoms with E-state index in [1.165, 1.54) is 18.1 Å². The zero-order valence-corrected chi connectivity index (χ0v) is 15.0. The quantitative estimate of drug-likeness (QED) is 0.789. The summed E-state index contributed by atoms with van der Waals surface area (Å²) in [6.07, 6.45) is 3.28. The molecule has 0 saturated carbocycles. The van der Waals surface area contributed by atoms with Crippen molar-refractivity contribution in [3.05, 3.63) is 34.9 Å². The van der Waals surface area contributed by atoms with E-state index in [2.05, 4.69) is 32.4 Å². The van der Waals surface area contributed by atoms with Crippen molar-refractivity contribution in [3.8, 4) is 0 Å². The second kappa shape index (κ2) is 6.58. The first-order valence-electron chi connectivity index (χ1n) is 7.60. The number of hydrogen-bond donors (Lipinski definition) is 2. The third kappa shape index (κ3) is 3.63. The minimum Gasteiger partial charge on any atom is -0.301 e. The van der Waals surface area contributed by atoms with Gasteiger partial charge in [-0.25, -0.2) is 13.1 Å². The van der Waals surface area contributed by atoms with Gasteiger partial charge in [0.15, 0.2) is 0 Å². The van der Waals surface area contributed by atoms with Gasteiger partial charge in [-0.15, -0.1) is 10.2 Å². The second-order valence-electron chi connectivity index (χ2n) is 5.78. The monoisotopic (exact) mass is 366 g/mol. The Morgan fingerprint density at radius 2 is 2.00 bits per heavy atom. The van der Waals surface area contributed by atoms with Crippen molar-refractivity contribution < 1.29 is 13.2 Å². The molecular weight excluding hydrogens is 348 g/mol. The van der Waals surface area contributed by atoms with E-state index < -0.39 is 10.0 Å². The number of carbonyl (C=O) groups excluding carboxylic acids is 1. The van der Waals surface area contributed by atoms with Crippen LogP contribution in [-0.2, 0) is 27.7 Å². The van der Waals surface area contributed by atoms with E-state index in [0.717, 1.165) is 36.2 Å². The number of amides is 1. The second-order valence-corrected chi connectivity index (χ2v) is 8.64. The van der Waals surface area contributed by atoms with Gasteiger partial charge in [0, 0.05) is 13.0 Å². The number of nitrogens with one attached hydrogen (secondary N) is 2. The van der Waals surface area contributed by atoms with Crippen LogP contribution in [0.5, 0.6) is 0 Å². The third-order valence-corrected chi connectivity index (χ3v) is 6.62. The number of aryl methyl sites for hydroxylation is 2. The topological polar surface area (TPSA) is 101 Å². The van der Waals surface area contributed by atoms with E-state index in [9.17, 15) is 13.2 Å². The fourth-order valence-electron chi connectivity index (χ4n) is 2.73. The van der Waals surface area contributed by atoms with Gasteiger partial charge in [-0.2, -0.15) is 0 Å². The fourth-order valence-corrected chi connectivity index (χ4v) is 4.93. The van der Waals surface area contributed by atoms with Gasteiger partial charge in [-0.1, -0.05) is 29.5 Å².